The Morgan fingerprint density at radius 2 is 2.00 bits per heavy atom. The Balaban J connectivity index is 1.79. The Kier molecular flexibility index (Phi) is 3.92. The molecule has 0 spiro atoms. The van der Waals surface area contributed by atoms with Crippen LogP contribution in [0.3, 0.4) is 0 Å². The van der Waals surface area contributed by atoms with Gasteiger partial charge in [-0.25, -0.2) is 4.79 Å². The van der Waals surface area contributed by atoms with Crippen molar-refractivity contribution in [3.05, 3.63) is 35.9 Å². The van der Waals surface area contributed by atoms with Crippen LogP contribution in [0.4, 0.5) is 4.79 Å². The van der Waals surface area contributed by atoms with Gasteiger partial charge in [-0.3, -0.25) is 9.80 Å². The third-order valence-electron chi connectivity index (χ3n) is 4.16. The van der Waals surface area contributed by atoms with Crippen LogP contribution in [-0.4, -0.2) is 48.2 Å². The van der Waals surface area contributed by atoms with E-state index in [0.29, 0.717) is 6.61 Å². The molecule has 2 fully saturated rings. The van der Waals surface area contributed by atoms with Gasteiger partial charge in [0.1, 0.15) is 0 Å². The topological polar surface area (TPSA) is 32.8 Å². The van der Waals surface area contributed by atoms with E-state index in [2.05, 4.69) is 17.0 Å². The monoisotopic (exact) mass is 274 g/mol. The van der Waals surface area contributed by atoms with Crippen LogP contribution in [0.15, 0.2) is 30.3 Å². The third-order valence-corrected chi connectivity index (χ3v) is 4.16. The lowest BCUT2D eigenvalue weighted by Gasteiger charge is -2.41. The van der Waals surface area contributed by atoms with Gasteiger partial charge in [-0.1, -0.05) is 30.3 Å². The summed E-state index contributed by atoms with van der Waals surface area (Å²) in [5, 5.41) is 0. The summed E-state index contributed by atoms with van der Waals surface area (Å²) in [5.41, 5.74) is 1.20. The van der Waals surface area contributed by atoms with Crippen molar-refractivity contribution in [3.8, 4) is 0 Å². The quantitative estimate of drug-likeness (QED) is 0.849. The number of carbonyl (C=O) groups is 1. The summed E-state index contributed by atoms with van der Waals surface area (Å²) < 4.78 is 5.21. The zero-order valence-corrected chi connectivity index (χ0v) is 12.0. The predicted octanol–water partition coefficient (Wildman–Crippen LogP) is 2.66. The van der Waals surface area contributed by atoms with E-state index in [-0.39, 0.29) is 12.1 Å². The van der Waals surface area contributed by atoms with Crippen LogP contribution in [0.2, 0.25) is 0 Å². The first-order valence-electron chi connectivity index (χ1n) is 7.52. The molecule has 1 aliphatic carbocycles. The molecule has 1 amide bonds. The lowest BCUT2D eigenvalue weighted by atomic mass is 10.0. The SMILES string of the molecule is CCOC(=O)N1CCN(C2CC2)CC1c1ccccc1. The van der Waals surface area contributed by atoms with Gasteiger partial charge in [-0.2, -0.15) is 0 Å². The minimum Gasteiger partial charge on any atom is -0.450 e. The number of carbonyl (C=O) groups excluding carboxylic acids is 1. The van der Waals surface area contributed by atoms with Crippen molar-refractivity contribution in [1.29, 1.82) is 0 Å². The average Bonchev–Trinajstić information content (AvgIpc) is 3.32. The van der Waals surface area contributed by atoms with Crippen LogP contribution in [-0.2, 0) is 4.74 Å². The predicted molar refractivity (Wildman–Crippen MR) is 77.5 cm³/mol. The summed E-state index contributed by atoms with van der Waals surface area (Å²) >= 11 is 0. The summed E-state index contributed by atoms with van der Waals surface area (Å²) in [7, 11) is 0. The van der Waals surface area contributed by atoms with Crippen LogP contribution < -0.4 is 0 Å². The largest absolute Gasteiger partial charge is 0.450 e. The van der Waals surface area contributed by atoms with Crippen molar-refractivity contribution in [2.24, 2.45) is 0 Å². The molecule has 108 valence electrons. The molecule has 4 nitrogen and oxygen atoms in total. The highest BCUT2D eigenvalue weighted by Crippen LogP contribution is 2.33. The Morgan fingerprint density at radius 1 is 1.25 bits per heavy atom. The number of rotatable bonds is 3. The number of benzene rings is 1. The molecule has 1 unspecified atom stereocenters. The molecule has 1 aromatic carbocycles. The molecule has 1 heterocycles. The Hall–Kier alpha value is -1.55. The fraction of sp³-hybridized carbons (Fsp3) is 0.562. The van der Waals surface area contributed by atoms with Gasteiger partial charge in [0.05, 0.1) is 12.6 Å². The molecule has 1 aromatic rings. The second-order valence-electron chi connectivity index (χ2n) is 5.54. The highest BCUT2D eigenvalue weighted by molar-refractivity contribution is 5.68. The standard InChI is InChI=1S/C16H22N2O2/c1-2-20-16(19)18-11-10-17(14-8-9-14)12-15(18)13-6-4-3-5-7-13/h3-7,14-15H,2,8-12H2,1H3. The van der Waals surface area contributed by atoms with Crippen molar-refractivity contribution >= 4 is 6.09 Å². The van der Waals surface area contributed by atoms with Crippen LogP contribution in [0, 0.1) is 0 Å². The van der Waals surface area contributed by atoms with Crippen molar-refractivity contribution in [2.45, 2.75) is 31.8 Å². The van der Waals surface area contributed by atoms with Crippen LogP contribution in [0.1, 0.15) is 31.4 Å². The van der Waals surface area contributed by atoms with E-state index >= 15 is 0 Å². The van der Waals surface area contributed by atoms with Crippen LogP contribution >= 0.6 is 0 Å². The van der Waals surface area contributed by atoms with Crippen LogP contribution in [0.25, 0.3) is 0 Å². The number of ether oxygens (including phenoxy) is 1. The molecule has 0 radical (unpaired) electrons. The smallest absolute Gasteiger partial charge is 0.410 e. The maximum Gasteiger partial charge on any atom is 0.410 e. The number of amides is 1. The zero-order chi connectivity index (χ0) is 13.9. The van der Waals surface area contributed by atoms with Gasteiger partial charge in [0.25, 0.3) is 0 Å². The molecule has 1 atom stereocenters. The van der Waals surface area contributed by atoms with Crippen LogP contribution in [0.5, 0.6) is 0 Å². The van der Waals surface area contributed by atoms with Crippen molar-refractivity contribution in [3.63, 3.8) is 0 Å². The van der Waals surface area contributed by atoms with Gasteiger partial charge < -0.3 is 4.74 Å². The normalized spacial score (nSPS) is 23.6. The highest BCUT2D eigenvalue weighted by atomic mass is 16.6. The van der Waals surface area contributed by atoms with Crippen molar-refractivity contribution < 1.29 is 9.53 Å². The van der Waals surface area contributed by atoms with E-state index < -0.39 is 0 Å². The molecule has 0 bridgehead atoms. The van der Waals surface area contributed by atoms with Gasteiger partial charge in [0.2, 0.25) is 0 Å². The van der Waals surface area contributed by atoms with Gasteiger partial charge in [-0.05, 0) is 25.3 Å². The lowest BCUT2D eigenvalue weighted by molar-refractivity contribution is 0.0457. The van der Waals surface area contributed by atoms with E-state index in [1.165, 1.54) is 18.4 Å². The summed E-state index contributed by atoms with van der Waals surface area (Å²) in [6.45, 7) is 4.94. The van der Waals surface area contributed by atoms with Gasteiger partial charge in [0.15, 0.2) is 0 Å². The first kappa shape index (κ1) is 13.4. The third kappa shape index (κ3) is 2.80. The van der Waals surface area contributed by atoms with Gasteiger partial charge in [0, 0.05) is 25.7 Å². The van der Waals surface area contributed by atoms with E-state index in [1.54, 1.807) is 0 Å². The summed E-state index contributed by atoms with van der Waals surface area (Å²) in [6.07, 6.45) is 2.43. The maximum atomic E-state index is 12.2. The summed E-state index contributed by atoms with van der Waals surface area (Å²) in [4.78, 5) is 16.6. The maximum absolute atomic E-state index is 12.2. The van der Waals surface area contributed by atoms with E-state index in [9.17, 15) is 4.79 Å². The molecule has 0 aromatic heterocycles. The van der Waals surface area contributed by atoms with Gasteiger partial charge in [-0.15, -0.1) is 0 Å². The van der Waals surface area contributed by atoms with Gasteiger partial charge >= 0.3 is 6.09 Å². The number of piperazine rings is 1. The fourth-order valence-electron chi connectivity index (χ4n) is 2.96. The number of hydrogen-bond acceptors (Lipinski definition) is 3. The number of nitrogens with zero attached hydrogens (tertiary/aromatic N) is 2. The lowest BCUT2D eigenvalue weighted by Crippen LogP contribution is -2.51. The number of hydrogen-bond donors (Lipinski definition) is 0. The molecule has 2 aliphatic rings. The van der Waals surface area contributed by atoms with E-state index in [1.807, 2.05) is 30.0 Å². The zero-order valence-electron chi connectivity index (χ0n) is 12.0. The molecule has 3 rings (SSSR count). The Labute approximate surface area is 120 Å². The molecule has 1 saturated carbocycles. The average molecular weight is 274 g/mol. The Bertz CT molecular complexity index is 459. The minimum absolute atomic E-state index is 0.115. The molecule has 0 N–H and O–H groups in total. The second-order valence-corrected chi connectivity index (χ2v) is 5.54. The Morgan fingerprint density at radius 3 is 2.65 bits per heavy atom. The van der Waals surface area contributed by atoms with Crippen molar-refractivity contribution in [1.82, 2.24) is 9.80 Å². The van der Waals surface area contributed by atoms with Crippen molar-refractivity contribution in [2.75, 3.05) is 26.2 Å². The molecular formula is C16H22N2O2. The summed E-state index contributed by atoms with van der Waals surface area (Å²) in [6, 6.07) is 11.2. The molecule has 1 saturated heterocycles. The van der Waals surface area contributed by atoms with E-state index in [0.717, 1.165) is 25.7 Å². The molecule has 20 heavy (non-hydrogen) atoms. The fourth-order valence-corrected chi connectivity index (χ4v) is 2.96. The van der Waals surface area contributed by atoms with E-state index in [4.69, 9.17) is 4.74 Å². The first-order valence-corrected chi connectivity index (χ1v) is 7.52. The highest BCUT2D eigenvalue weighted by Gasteiger charge is 2.38. The second kappa shape index (κ2) is 5.83. The molecule has 4 heteroatoms. The first-order chi connectivity index (χ1) is 9.79. The molecular weight excluding hydrogens is 252 g/mol. The molecule has 1 aliphatic heterocycles. The minimum atomic E-state index is -0.184. The summed E-state index contributed by atoms with van der Waals surface area (Å²) in [5.74, 6) is 0.